The topological polar surface area (TPSA) is 87.1 Å². The van der Waals surface area contributed by atoms with Gasteiger partial charge in [-0.05, 0) is 43.7 Å². The van der Waals surface area contributed by atoms with Gasteiger partial charge in [0.1, 0.15) is 6.04 Å². The predicted molar refractivity (Wildman–Crippen MR) is 97.5 cm³/mol. The highest BCUT2D eigenvalue weighted by atomic mass is 35.5. The summed E-state index contributed by atoms with van der Waals surface area (Å²) >= 11 is 6.14. The number of para-hydroxylation sites is 1. The fraction of sp³-hybridized carbons (Fsp3) is 0.167. The summed E-state index contributed by atoms with van der Waals surface area (Å²) in [4.78, 5) is 37.6. The lowest BCUT2D eigenvalue weighted by Crippen LogP contribution is -2.42. The van der Waals surface area contributed by atoms with Gasteiger partial charge in [0.05, 0.1) is 16.6 Å². The molecule has 0 saturated carbocycles. The van der Waals surface area contributed by atoms with Gasteiger partial charge in [-0.25, -0.2) is 9.36 Å². The molecule has 7 heteroatoms. The standard InChI is InChI=1S/C18H16ClN3O3/c1-10-7-8-12(9-14(10)19)22-17(24)13-5-3-4-6-15(13)21(18(22)25)11(2)16(20)23/h3-9,11H,1-2H3,(H2,20,23)/t11-/m1/s1. The van der Waals surface area contributed by atoms with Gasteiger partial charge in [0, 0.05) is 5.02 Å². The van der Waals surface area contributed by atoms with E-state index in [1.54, 1.807) is 42.5 Å². The molecule has 0 unspecified atom stereocenters. The third-order valence-electron chi connectivity index (χ3n) is 4.21. The van der Waals surface area contributed by atoms with Crippen molar-refractivity contribution in [1.29, 1.82) is 0 Å². The Morgan fingerprint density at radius 3 is 2.48 bits per heavy atom. The minimum absolute atomic E-state index is 0.312. The van der Waals surface area contributed by atoms with Gasteiger partial charge in [-0.1, -0.05) is 29.8 Å². The number of carbonyl (C=O) groups is 1. The lowest BCUT2D eigenvalue weighted by molar-refractivity contribution is -0.120. The zero-order valence-electron chi connectivity index (χ0n) is 13.7. The average Bonchev–Trinajstić information content (AvgIpc) is 2.58. The summed E-state index contributed by atoms with van der Waals surface area (Å²) in [6.07, 6.45) is 0. The van der Waals surface area contributed by atoms with Gasteiger partial charge < -0.3 is 5.73 Å². The number of benzene rings is 2. The van der Waals surface area contributed by atoms with Gasteiger partial charge in [0.15, 0.2) is 0 Å². The highest BCUT2D eigenvalue weighted by molar-refractivity contribution is 6.31. The monoisotopic (exact) mass is 357 g/mol. The van der Waals surface area contributed by atoms with Gasteiger partial charge in [-0.2, -0.15) is 0 Å². The van der Waals surface area contributed by atoms with Crippen LogP contribution in [-0.4, -0.2) is 15.0 Å². The smallest absolute Gasteiger partial charge is 0.336 e. The molecule has 128 valence electrons. The molecule has 1 atom stereocenters. The second kappa shape index (κ2) is 6.22. The third kappa shape index (κ3) is 2.74. The average molecular weight is 358 g/mol. The summed E-state index contributed by atoms with van der Waals surface area (Å²) in [5.41, 5.74) is 5.79. The third-order valence-corrected chi connectivity index (χ3v) is 4.61. The van der Waals surface area contributed by atoms with Gasteiger partial charge in [-0.3, -0.25) is 14.2 Å². The van der Waals surface area contributed by atoms with E-state index in [4.69, 9.17) is 17.3 Å². The van der Waals surface area contributed by atoms with Crippen LogP contribution in [0.5, 0.6) is 0 Å². The fourth-order valence-corrected chi connectivity index (χ4v) is 2.91. The predicted octanol–water partition coefficient (Wildman–Crippen LogP) is 2.16. The Kier molecular flexibility index (Phi) is 4.22. The van der Waals surface area contributed by atoms with Gasteiger partial charge >= 0.3 is 5.69 Å². The maximum atomic E-state index is 13.0. The maximum Gasteiger partial charge on any atom is 0.336 e. The molecule has 0 radical (unpaired) electrons. The molecule has 0 saturated heterocycles. The fourth-order valence-electron chi connectivity index (χ4n) is 2.73. The van der Waals surface area contributed by atoms with Crippen molar-refractivity contribution in [2.45, 2.75) is 19.9 Å². The van der Waals surface area contributed by atoms with E-state index < -0.39 is 23.2 Å². The van der Waals surface area contributed by atoms with Gasteiger partial charge in [-0.15, -0.1) is 0 Å². The number of amides is 1. The molecule has 1 amide bonds. The summed E-state index contributed by atoms with van der Waals surface area (Å²) in [5, 5.41) is 0.748. The molecule has 6 nitrogen and oxygen atoms in total. The van der Waals surface area contributed by atoms with Crippen LogP contribution >= 0.6 is 11.6 Å². The normalized spacial score (nSPS) is 12.3. The van der Waals surface area contributed by atoms with Crippen molar-refractivity contribution in [3.63, 3.8) is 0 Å². The van der Waals surface area contributed by atoms with Crippen molar-refractivity contribution in [1.82, 2.24) is 9.13 Å². The summed E-state index contributed by atoms with van der Waals surface area (Å²) in [6, 6.07) is 10.6. The molecular weight excluding hydrogens is 342 g/mol. The minimum Gasteiger partial charge on any atom is -0.368 e. The van der Waals surface area contributed by atoms with E-state index in [0.29, 0.717) is 21.6 Å². The molecule has 0 spiro atoms. The van der Waals surface area contributed by atoms with Crippen LogP contribution in [0.25, 0.3) is 16.6 Å². The van der Waals surface area contributed by atoms with Crippen molar-refractivity contribution in [2.75, 3.05) is 0 Å². The first kappa shape index (κ1) is 17.0. The zero-order valence-corrected chi connectivity index (χ0v) is 14.4. The first-order valence-corrected chi connectivity index (χ1v) is 8.03. The van der Waals surface area contributed by atoms with Crippen molar-refractivity contribution in [3.8, 4) is 5.69 Å². The molecule has 0 aliphatic rings. The van der Waals surface area contributed by atoms with E-state index in [9.17, 15) is 14.4 Å². The Morgan fingerprint density at radius 1 is 1.16 bits per heavy atom. The largest absolute Gasteiger partial charge is 0.368 e. The SMILES string of the molecule is Cc1ccc(-n2c(=O)c3ccccc3n([C@H](C)C(N)=O)c2=O)cc1Cl. The first-order valence-electron chi connectivity index (χ1n) is 7.65. The lowest BCUT2D eigenvalue weighted by atomic mass is 10.2. The second-order valence-electron chi connectivity index (χ2n) is 5.82. The number of halogens is 1. The number of fused-ring (bicyclic) bond motifs is 1. The highest BCUT2D eigenvalue weighted by Crippen LogP contribution is 2.19. The number of primary amides is 1. The van der Waals surface area contributed by atoms with Crippen molar-refractivity contribution < 1.29 is 4.79 Å². The maximum absolute atomic E-state index is 13.0. The Labute approximate surface area is 148 Å². The number of nitrogens with zero attached hydrogens (tertiary/aromatic N) is 2. The van der Waals surface area contributed by atoms with Crippen LogP contribution in [0.15, 0.2) is 52.1 Å². The van der Waals surface area contributed by atoms with E-state index in [1.165, 1.54) is 11.5 Å². The Morgan fingerprint density at radius 2 is 1.84 bits per heavy atom. The van der Waals surface area contributed by atoms with Crippen LogP contribution in [0, 0.1) is 6.92 Å². The minimum atomic E-state index is -0.912. The van der Waals surface area contributed by atoms with Crippen LogP contribution in [0.4, 0.5) is 0 Å². The van der Waals surface area contributed by atoms with Crippen LogP contribution in [0.2, 0.25) is 5.02 Å². The first-order chi connectivity index (χ1) is 11.8. The summed E-state index contributed by atoms with van der Waals surface area (Å²) in [7, 11) is 0. The second-order valence-corrected chi connectivity index (χ2v) is 6.23. The lowest BCUT2D eigenvalue weighted by Gasteiger charge is -2.17. The van der Waals surface area contributed by atoms with E-state index in [-0.39, 0.29) is 0 Å². The van der Waals surface area contributed by atoms with E-state index in [1.807, 2.05) is 6.92 Å². The molecule has 0 fully saturated rings. The molecule has 25 heavy (non-hydrogen) atoms. The molecular formula is C18H16ClN3O3. The molecule has 0 bridgehead atoms. The Hall–Kier alpha value is -2.86. The zero-order chi connectivity index (χ0) is 18.3. The molecule has 0 aliphatic carbocycles. The van der Waals surface area contributed by atoms with Crippen molar-refractivity contribution in [3.05, 3.63) is 73.9 Å². The Bertz CT molecular complexity index is 1110. The van der Waals surface area contributed by atoms with Crippen LogP contribution in [0.3, 0.4) is 0 Å². The molecule has 2 N–H and O–H groups in total. The van der Waals surface area contributed by atoms with Crippen molar-refractivity contribution >= 4 is 28.4 Å². The molecule has 1 aromatic heterocycles. The number of carbonyl (C=O) groups excluding carboxylic acids is 1. The van der Waals surface area contributed by atoms with Crippen LogP contribution in [-0.2, 0) is 4.79 Å². The molecule has 3 rings (SSSR count). The summed E-state index contributed by atoms with van der Waals surface area (Å²) in [6.45, 7) is 3.34. The van der Waals surface area contributed by atoms with E-state index in [0.717, 1.165) is 10.1 Å². The van der Waals surface area contributed by atoms with Crippen molar-refractivity contribution in [2.24, 2.45) is 5.73 Å². The van der Waals surface area contributed by atoms with Crippen LogP contribution < -0.4 is 17.0 Å². The number of nitrogens with two attached hydrogens (primary N) is 1. The van der Waals surface area contributed by atoms with E-state index in [2.05, 4.69) is 0 Å². The number of rotatable bonds is 3. The number of hydrogen-bond acceptors (Lipinski definition) is 3. The van der Waals surface area contributed by atoms with Crippen LogP contribution in [0.1, 0.15) is 18.5 Å². The molecule has 0 aliphatic heterocycles. The number of hydrogen-bond donors (Lipinski definition) is 1. The quantitative estimate of drug-likeness (QED) is 0.779. The summed E-state index contributed by atoms with van der Waals surface area (Å²) in [5.74, 6) is -0.667. The van der Waals surface area contributed by atoms with Gasteiger partial charge in [0.2, 0.25) is 5.91 Å². The summed E-state index contributed by atoms with van der Waals surface area (Å²) < 4.78 is 2.24. The molecule has 2 aromatic carbocycles. The highest BCUT2D eigenvalue weighted by Gasteiger charge is 2.21. The van der Waals surface area contributed by atoms with E-state index >= 15 is 0 Å². The molecule has 1 heterocycles. The van der Waals surface area contributed by atoms with Gasteiger partial charge in [0.25, 0.3) is 5.56 Å². The number of aryl methyl sites for hydroxylation is 1. The number of aromatic nitrogens is 2. The Balaban J connectivity index is 2.48. The molecule has 3 aromatic rings.